The Hall–Kier alpha value is -2.61. The summed E-state index contributed by atoms with van der Waals surface area (Å²) < 4.78 is 7.05. The molecule has 3 atom stereocenters. The molecule has 0 bridgehead atoms. The third kappa shape index (κ3) is 3.76. The van der Waals surface area contributed by atoms with E-state index in [0.29, 0.717) is 33.4 Å². The van der Waals surface area contributed by atoms with Gasteiger partial charge in [-0.25, -0.2) is 0 Å². The van der Waals surface area contributed by atoms with Crippen LogP contribution in [0.1, 0.15) is 39.5 Å². The lowest BCUT2D eigenvalue weighted by molar-refractivity contribution is -0.122. The Morgan fingerprint density at radius 1 is 1.27 bits per heavy atom. The van der Waals surface area contributed by atoms with E-state index < -0.39 is 0 Å². The van der Waals surface area contributed by atoms with Crippen LogP contribution in [-0.2, 0) is 11.3 Å². The molecule has 1 aliphatic carbocycles. The van der Waals surface area contributed by atoms with Crippen molar-refractivity contribution in [3.05, 3.63) is 33.3 Å². The smallest absolute Gasteiger partial charge is 0.278 e. The second-order valence-electron chi connectivity index (χ2n) is 8.36. The molecule has 0 radical (unpaired) electrons. The van der Waals surface area contributed by atoms with Gasteiger partial charge in [-0.2, -0.15) is 0 Å². The Balaban J connectivity index is 1.56. The van der Waals surface area contributed by atoms with Gasteiger partial charge in [0.25, 0.3) is 5.56 Å². The van der Waals surface area contributed by atoms with Crippen LogP contribution >= 0.6 is 12.2 Å². The third-order valence-electron chi connectivity index (χ3n) is 6.56. The number of carbonyl (C=O) groups excluding carboxylic acids is 1. The molecule has 30 heavy (non-hydrogen) atoms. The first-order valence-electron chi connectivity index (χ1n) is 10.5. The van der Waals surface area contributed by atoms with E-state index in [1.807, 2.05) is 18.2 Å². The SMILES string of the molecule is COc1ccc2[nH]c3c(=O)n(CCC(=O)N[C@@H]4CCC[C@H](C)[C@H]4C)c(=S)[nH]c3c2c1. The van der Waals surface area contributed by atoms with Crippen LogP contribution in [0.25, 0.3) is 21.9 Å². The minimum atomic E-state index is -0.226. The molecule has 3 N–H and O–H groups in total. The van der Waals surface area contributed by atoms with E-state index >= 15 is 0 Å². The highest BCUT2D eigenvalue weighted by Gasteiger charge is 2.28. The number of nitrogens with zero attached hydrogens (tertiary/aromatic N) is 1. The number of H-pyrrole nitrogens is 2. The minimum absolute atomic E-state index is 0.0382. The van der Waals surface area contributed by atoms with Crippen molar-refractivity contribution in [2.24, 2.45) is 11.8 Å². The van der Waals surface area contributed by atoms with Gasteiger partial charge < -0.3 is 20.0 Å². The van der Waals surface area contributed by atoms with Crippen molar-refractivity contribution >= 4 is 40.1 Å². The second-order valence-corrected chi connectivity index (χ2v) is 8.75. The van der Waals surface area contributed by atoms with Crippen molar-refractivity contribution < 1.29 is 9.53 Å². The van der Waals surface area contributed by atoms with Crippen LogP contribution < -0.4 is 15.6 Å². The van der Waals surface area contributed by atoms with Gasteiger partial charge in [-0.05, 0) is 48.7 Å². The molecule has 2 aromatic heterocycles. The number of rotatable bonds is 5. The van der Waals surface area contributed by atoms with Gasteiger partial charge in [0, 0.05) is 29.9 Å². The largest absolute Gasteiger partial charge is 0.497 e. The maximum Gasteiger partial charge on any atom is 0.278 e. The highest BCUT2D eigenvalue weighted by atomic mass is 32.1. The van der Waals surface area contributed by atoms with Gasteiger partial charge in [0.2, 0.25) is 5.91 Å². The lowest BCUT2D eigenvalue weighted by atomic mass is 9.78. The lowest BCUT2D eigenvalue weighted by Gasteiger charge is -2.34. The molecule has 1 aliphatic rings. The monoisotopic (exact) mass is 428 g/mol. The highest BCUT2D eigenvalue weighted by molar-refractivity contribution is 7.71. The number of nitrogens with one attached hydrogen (secondary N) is 3. The van der Waals surface area contributed by atoms with Crippen molar-refractivity contribution in [2.75, 3.05) is 7.11 Å². The van der Waals surface area contributed by atoms with Gasteiger partial charge in [-0.1, -0.05) is 26.7 Å². The standard InChI is InChI=1S/C22H28N4O3S/c1-12-5-4-6-16(13(12)2)23-18(27)9-10-26-21(28)20-19(25-22(26)30)15-11-14(29-3)7-8-17(15)24-20/h7-8,11-13,16,24H,4-6,9-10H2,1-3H3,(H,23,27)(H,25,30)/t12-,13+,16+/m0/s1. The van der Waals surface area contributed by atoms with E-state index in [9.17, 15) is 9.59 Å². The van der Waals surface area contributed by atoms with Gasteiger partial charge in [0.15, 0.2) is 4.77 Å². The molecule has 1 amide bonds. The number of aromatic nitrogens is 3. The fourth-order valence-electron chi connectivity index (χ4n) is 4.47. The molecular formula is C22H28N4O3S. The first-order valence-corrected chi connectivity index (χ1v) is 10.9. The molecule has 8 heteroatoms. The summed E-state index contributed by atoms with van der Waals surface area (Å²) >= 11 is 5.44. The van der Waals surface area contributed by atoms with E-state index in [1.165, 1.54) is 11.0 Å². The summed E-state index contributed by atoms with van der Waals surface area (Å²) in [6, 6.07) is 5.78. The normalized spacial score (nSPS) is 21.8. The quantitative estimate of drug-likeness (QED) is 0.538. The summed E-state index contributed by atoms with van der Waals surface area (Å²) in [5.74, 6) is 1.75. The maximum absolute atomic E-state index is 13.1. The molecule has 4 rings (SSSR count). The summed E-state index contributed by atoms with van der Waals surface area (Å²) in [5.41, 5.74) is 1.70. The van der Waals surface area contributed by atoms with E-state index in [4.69, 9.17) is 17.0 Å². The molecule has 2 heterocycles. The van der Waals surface area contributed by atoms with Crippen LogP contribution in [0.3, 0.4) is 0 Å². The van der Waals surface area contributed by atoms with Gasteiger partial charge in [-0.3, -0.25) is 14.2 Å². The number of aromatic amines is 2. The number of benzene rings is 1. The molecule has 7 nitrogen and oxygen atoms in total. The summed E-state index contributed by atoms with van der Waals surface area (Å²) in [6.45, 7) is 4.69. The van der Waals surface area contributed by atoms with Crippen LogP contribution in [0.2, 0.25) is 0 Å². The molecule has 0 saturated heterocycles. The number of hydrogen-bond acceptors (Lipinski definition) is 4. The number of carbonyl (C=O) groups is 1. The van der Waals surface area contributed by atoms with E-state index in [-0.39, 0.29) is 30.5 Å². The summed E-state index contributed by atoms with van der Waals surface area (Å²) in [4.78, 5) is 31.9. The van der Waals surface area contributed by atoms with Gasteiger partial charge >= 0.3 is 0 Å². The fourth-order valence-corrected chi connectivity index (χ4v) is 4.75. The van der Waals surface area contributed by atoms with Crippen LogP contribution in [0.15, 0.2) is 23.0 Å². The number of amides is 1. The third-order valence-corrected chi connectivity index (χ3v) is 6.88. The van der Waals surface area contributed by atoms with Gasteiger partial charge in [0.1, 0.15) is 11.3 Å². The van der Waals surface area contributed by atoms with Crippen LogP contribution in [0, 0.1) is 16.6 Å². The fraction of sp³-hybridized carbons (Fsp3) is 0.500. The Morgan fingerprint density at radius 2 is 2.07 bits per heavy atom. The topological polar surface area (TPSA) is 91.9 Å². The summed E-state index contributed by atoms with van der Waals surface area (Å²) in [7, 11) is 1.60. The number of fused-ring (bicyclic) bond motifs is 3. The zero-order valence-electron chi connectivity index (χ0n) is 17.6. The number of methoxy groups -OCH3 is 1. The first-order chi connectivity index (χ1) is 14.4. The molecule has 160 valence electrons. The zero-order valence-corrected chi connectivity index (χ0v) is 18.4. The molecule has 1 aromatic carbocycles. The molecule has 1 saturated carbocycles. The molecule has 1 fully saturated rings. The molecule has 0 aliphatic heterocycles. The first kappa shape index (κ1) is 20.7. The minimum Gasteiger partial charge on any atom is -0.497 e. The molecule has 0 spiro atoms. The van der Waals surface area contributed by atoms with Crippen molar-refractivity contribution in [3.63, 3.8) is 0 Å². The Bertz CT molecular complexity index is 1210. The predicted molar refractivity (Wildman–Crippen MR) is 121 cm³/mol. The average molecular weight is 429 g/mol. The number of hydrogen-bond donors (Lipinski definition) is 3. The van der Waals surface area contributed by atoms with Crippen LogP contribution in [0.5, 0.6) is 5.75 Å². The molecule has 0 unspecified atom stereocenters. The van der Waals surface area contributed by atoms with E-state index in [2.05, 4.69) is 29.1 Å². The maximum atomic E-state index is 13.1. The van der Waals surface area contributed by atoms with Crippen molar-refractivity contribution in [1.29, 1.82) is 0 Å². The van der Waals surface area contributed by atoms with E-state index in [0.717, 1.165) is 23.7 Å². The van der Waals surface area contributed by atoms with Crippen LogP contribution in [0.4, 0.5) is 0 Å². The highest BCUT2D eigenvalue weighted by Crippen LogP contribution is 2.29. The summed E-state index contributed by atoms with van der Waals surface area (Å²) in [5, 5.41) is 4.00. The second kappa shape index (κ2) is 8.26. The zero-order chi connectivity index (χ0) is 21.4. The summed E-state index contributed by atoms with van der Waals surface area (Å²) in [6.07, 6.45) is 3.59. The Kier molecular flexibility index (Phi) is 5.69. The van der Waals surface area contributed by atoms with Gasteiger partial charge in [0.05, 0.1) is 12.6 Å². The predicted octanol–water partition coefficient (Wildman–Crippen LogP) is 3.88. The van der Waals surface area contributed by atoms with Crippen LogP contribution in [-0.4, -0.2) is 33.6 Å². The average Bonchev–Trinajstić information content (AvgIpc) is 3.09. The Morgan fingerprint density at radius 3 is 2.83 bits per heavy atom. The molecular weight excluding hydrogens is 400 g/mol. The van der Waals surface area contributed by atoms with Gasteiger partial charge in [-0.15, -0.1) is 0 Å². The van der Waals surface area contributed by atoms with Crippen molar-refractivity contribution in [2.45, 2.75) is 52.1 Å². The molecule has 3 aromatic rings. The number of ether oxygens (including phenoxy) is 1. The Labute approximate surface area is 179 Å². The van der Waals surface area contributed by atoms with E-state index in [1.54, 1.807) is 7.11 Å². The van der Waals surface area contributed by atoms with Crippen molar-refractivity contribution in [3.8, 4) is 5.75 Å². The lowest BCUT2D eigenvalue weighted by Crippen LogP contribution is -2.44. The van der Waals surface area contributed by atoms with Crippen molar-refractivity contribution in [1.82, 2.24) is 19.9 Å².